The topological polar surface area (TPSA) is 110 Å². The summed E-state index contributed by atoms with van der Waals surface area (Å²) in [6.07, 6.45) is 0.598. The number of nitrogen functional groups attached to an aromatic ring is 2. The van der Waals surface area contributed by atoms with Crippen LogP contribution in [-0.4, -0.2) is 28.2 Å². The van der Waals surface area contributed by atoms with E-state index in [4.69, 9.17) is 28.2 Å². The van der Waals surface area contributed by atoms with Gasteiger partial charge in [-0.15, -0.1) is 24.8 Å². The van der Waals surface area contributed by atoms with E-state index in [0.29, 0.717) is 18.8 Å². The zero-order valence-electron chi connectivity index (χ0n) is 8.31. The number of hydrogen-bond acceptors (Lipinski definition) is 6. The Labute approximate surface area is 111 Å². The van der Waals surface area contributed by atoms with E-state index >= 15 is 0 Å². The Balaban J connectivity index is 0. The fourth-order valence-corrected chi connectivity index (χ4v) is 1.05. The van der Waals surface area contributed by atoms with Crippen LogP contribution in [0.4, 0.5) is 17.5 Å². The van der Waals surface area contributed by atoms with Crippen molar-refractivity contribution in [2.45, 2.75) is 6.42 Å². The molecule has 1 rings (SSSR count). The molecule has 0 saturated heterocycles. The maximum absolute atomic E-state index is 8.57. The molecule has 0 aliphatic rings. The van der Waals surface area contributed by atoms with Gasteiger partial charge in [0.15, 0.2) is 11.0 Å². The highest BCUT2D eigenvalue weighted by atomic mass is 35.5. The first-order chi connectivity index (χ1) is 6.65. The van der Waals surface area contributed by atoms with Gasteiger partial charge in [-0.05, 0) is 6.42 Å². The first-order valence-electron chi connectivity index (χ1n) is 4.08. The van der Waals surface area contributed by atoms with E-state index in [1.807, 2.05) is 0 Å². The maximum Gasteiger partial charge on any atom is 0.223 e. The average Bonchev–Trinajstić information content (AvgIpc) is 2.13. The second kappa shape index (κ2) is 8.46. The predicted octanol–water partition coefficient (Wildman–Crippen LogP) is 0.932. The fraction of sp³-hybridized carbons (Fsp3) is 0.429. The van der Waals surface area contributed by atoms with Gasteiger partial charge < -0.3 is 21.9 Å². The minimum Gasteiger partial charge on any atom is -0.396 e. The van der Waals surface area contributed by atoms with Crippen LogP contribution < -0.4 is 16.8 Å². The Kier molecular flexibility index (Phi) is 9.36. The van der Waals surface area contributed by atoms with E-state index < -0.39 is 0 Å². The minimum atomic E-state index is 0. The molecular formula is C7H14Cl3N5O. The van der Waals surface area contributed by atoms with Gasteiger partial charge in [0.25, 0.3) is 0 Å². The second-order valence-corrected chi connectivity index (χ2v) is 3.00. The molecule has 0 atom stereocenters. The lowest BCUT2D eigenvalue weighted by molar-refractivity contribution is 0.292. The molecule has 9 heteroatoms. The smallest absolute Gasteiger partial charge is 0.223 e. The molecule has 1 aromatic rings. The molecule has 0 amide bonds. The van der Waals surface area contributed by atoms with Crippen LogP contribution in [0.3, 0.4) is 0 Å². The van der Waals surface area contributed by atoms with Gasteiger partial charge in [-0.3, -0.25) is 0 Å². The maximum atomic E-state index is 8.57. The summed E-state index contributed by atoms with van der Waals surface area (Å²) in [7, 11) is 0. The van der Waals surface area contributed by atoms with Crippen molar-refractivity contribution in [2.24, 2.45) is 0 Å². The molecule has 0 radical (unpaired) electrons. The number of nitrogens with two attached hydrogens (primary N) is 2. The molecule has 16 heavy (non-hydrogen) atoms. The molecule has 1 aromatic heterocycles. The first kappa shape index (κ1) is 17.7. The molecular weight excluding hydrogens is 276 g/mol. The van der Waals surface area contributed by atoms with Crippen LogP contribution in [-0.2, 0) is 0 Å². The number of halogens is 3. The first-order valence-corrected chi connectivity index (χ1v) is 4.46. The summed E-state index contributed by atoms with van der Waals surface area (Å²) in [5.41, 5.74) is 11.2. The number of hydrogen-bond donors (Lipinski definition) is 4. The molecule has 0 spiro atoms. The number of aliphatic hydroxyl groups is 1. The number of aliphatic hydroxyl groups excluding tert-OH is 1. The Bertz CT molecular complexity index is 325. The Morgan fingerprint density at radius 2 is 1.88 bits per heavy atom. The normalized spacial score (nSPS) is 8.88. The molecule has 6 nitrogen and oxygen atoms in total. The van der Waals surface area contributed by atoms with Crippen LogP contribution >= 0.6 is 36.4 Å². The summed E-state index contributed by atoms with van der Waals surface area (Å²) in [6, 6.07) is 0. The zero-order chi connectivity index (χ0) is 10.6. The van der Waals surface area contributed by atoms with Crippen LogP contribution in [0.2, 0.25) is 5.15 Å². The van der Waals surface area contributed by atoms with Crippen molar-refractivity contribution in [3.63, 3.8) is 0 Å². The van der Waals surface area contributed by atoms with Crippen molar-refractivity contribution in [1.82, 2.24) is 9.97 Å². The summed E-state index contributed by atoms with van der Waals surface area (Å²) < 4.78 is 0. The van der Waals surface area contributed by atoms with E-state index in [1.165, 1.54) is 0 Å². The third-order valence-electron chi connectivity index (χ3n) is 1.54. The zero-order valence-corrected chi connectivity index (χ0v) is 10.7. The van der Waals surface area contributed by atoms with E-state index in [-0.39, 0.29) is 48.2 Å². The summed E-state index contributed by atoms with van der Waals surface area (Å²) in [5.74, 6) is 0.464. The highest BCUT2D eigenvalue weighted by Crippen LogP contribution is 2.23. The molecule has 0 aliphatic carbocycles. The molecule has 6 N–H and O–H groups in total. The Morgan fingerprint density at radius 1 is 1.25 bits per heavy atom. The SMILES string of the molecule is Cl.Cl.Nc1nc(Cl)c(N)c(NCCCO)n1. The monoisotopic (exact) mass is 289 g/mol. The van der Waals surface area contributed by atoms with Crippen molar-refractivity contribution < 1.29 is 5.11 Å². The van der Waals surface area contributed by atoms with Crippen LogP contribution in [0.15, 0.2) is 0 Å². The van der Waals surface area contributed by atoms with Crippen molar-refractivity contribution in [3.8, 4) is 0 Å². The van der Waals surface area contributed by atoms with E-state index in [2.05, 4.69) is 15.3 Å². The molecule has 0 unspecified atom stereocenters. The standard InChI is InChI=1S/C7H12ClN5O.2ClH/c8-5-4(9)6(11-2-1-3-14)13-7(10)12-5;;/h14H,1-3,9H2,(H3,10,11,12,13);2*1H. The summed E-state index contributed by atoms with van der Waals surface area (Å²) in [6.45, 7) is 0.648. The molecule has 94 valence electrons. The fourth-order valence-electron chi connectivity index (χ4n) is 0.879. The second-order valence-electron chi connectivity index (χ2n) is 2.64. The largest absolute Gasteiger partial charge is 0.396 e. The molecule has 0 fully saturated rings. The van der Waals surface area contributed by atoms with Crippen LogP contribution in [0.1, 0.15) is 6.42 Å². The third-order valence-corrected chi connectivity index (χ3v) is 1.83. The van der Waals surface area contributed by atoms with Gasteiger partial charge in [-0.25, -0.2) is 0 Å². The third kappa shape index (κ3) is 4.89. The average molecular weight is 291 g/mol. The van der Waals surface area contributed by atoms with Gasteiger partial charge in [-0.2, -0.15) is 9.97 Å². The van der Waals surface area contributed by atoms with Gasteiger partial charge in [0.05, 0.1) is 0 Å². The van der Waals surface area contributed by atoms with Gasteiger partial charge in [0.2, 0.25) is 5.95 Å². The van der Waals surface area contributed by atoms with Gasteiger partial charge >= 0.3 is 0 Å². The van der Waals surface area contributed by atoms with Gasteiger partial charge in [0.1, 0.15) is 5.69 Å². The molecule has 0 saturated carbocycles. The number of anilines is 3. The lowest BCUT2D eigenvalue weighted by atomic mass is 10.4. The van der Waals surface area contributed by atoms with Crippen molar-refractivity contribution in [3.05, 3.63) is 5.15 Å². The highest BCUT2D eigenvalue weighted by molar-refractivity contribution is 6.32. The predicted molar refractivity (Wildman–Crippen MR) is 70.6 cm³/mol. The van der Waals surface area contributed by atoms with E-state index in [1.54, 1.807) is 0 Å². The van der Waals surface area contributed by atoms with Crippen molar-refractivity contribution in [1.29, 1.82) is 0 Å². The summed E-state index contributed by atoms with van der Waals surface area (Å²) in [4.78, 5) is 7.55. The quantitative estimate of drug-likeness (QED) is 0.485. The number of nitrogens with zero attached hydrogens (tertiary/aromatic N) is 2. The van der Waals surface area contributed by atoms with Gasteiger partial charge in [-0.1, -0.05) is 11.6 Å². The van der Waals surface area contributed by atoms with Crippen LogP contribution in [0.5, 0.6) is 0 Å². The van der Waals surface area contributed by atoms with Gasteiger partial charge in [0, 0.05) is 13.2 Å². The highest BCUT2D eigenvalue weighted by Gasteiger charge is 2.07. The molecule has 0 aromatic carbocycles. The van der Waals surface area contributed by atoms with E-state index in [9.17, 15) is 0 Å². The lowest BCUT2D eigenvalue weighted by Gasteiger charge is -2.08. The van der Waals surface area contributed by atoms with E-state index in [0.717, 1.165) is 0 Å². The Hall–Kier alpha value is -0.690. The molecule has 0 aliphatic heterocycles. The molecule has 0 bridgehead atoms. The van der Waals surface area contributed by atoms with Crippen LogP contribution in [0.25, 0.3) is 0 Å². The van der Waals surface area contributed by atoms with Crippen LogP contribution in [0, 0.1) is 0 Å². The Morgan fingerprint density at radius 3 is 2.44 bits per heavy atom. The lowest BCUT2D eigenvalue weighted by Crippen LogP contribution is -2.10. The molecule has 1 heterocycles. The van der Waals surface area contributed by atoms with Crippen molar-refractivity contribution in [2.75, 3.05) is 29.9 Å². The van der Waals surface area contributed by atoms with Crippen molar-refractivity contribution >= 4 is 53.9 Å². The number of nitrogens with one attached hydrogen (secondary N) is 1. The summed E-state index contributed by atoms with van der Waals surface area (Å²) in [5, 5.41) is 11.6. The summed E-state index contributed by atoms with van der Waals surface area (Å²) >= 11 is 5.69. The number of rotatable bonds is 4. The minimum absolute atomic E-state index is 0. The number of aromatic nitrogens is 2.